The molecule has 0 saturated carbocycles. The normalized spacial score (nSPS) is 15.2. The van der Waals surface area contributed by atoms with Crippen LogP contribution in [0.4, 0.5) is 5.82 Å². The first-order valence-electron chi connectivity index (χ1n) is 11.8. The van der Waals surface area contributed by atoms with Crippen LogP contribution in [0.5, 0.6) is 17.5 Å². The Morgan fingerprint density at radius 1 is 1.00 bits per heavy atom. The van der Waals surface area contributed by atoms with Crippen LogP contribution in [0.3, 0.4) is 0 Å². The van der Waals surface area contributed by atoms with Gasteiger partial charge in [-0.1, -0.05) is 24.3 Å². The number of imidazole rings is 1. The molecular formula is C26H28BrN5O4. The SMILES string of the molecule is COc1ccc(CN(Cc2ccc(OC)cc2)c2nc(OCC3CCOC3)nn3c(Br)cnc23)cc1. The van der Waals surface area contributed by atoms with Crippen molar-refractivity contribution in [3.8, 4) is 17.5 Å². The van der Waals surface area contributed by atoms with Crippen LogP contribution < -0.4 is 19.1 Å². The quantitative estimate of drug-likeness (QED) is 0.283. The summed E-state index contributed by atoms with van der Waals surface area (Å²) in [5.41, 5.74) is 2.86. The standard InChI is InChI=1S/C26H28BrN5O4/c1-33-21-7-3-18(4-8-21)14-31(15-19-5-9-22(34-2)10-6-19)25-24-28-13-23(27)32(24)30-26(29-25)36-17-20-11-12-35-16-20/h3-10,13,20H,11-12,14-17H2,1-2H3. The molecule has 10 heteroatoms. The molecule has 0 N–H and O–H groups in total. The fraction of sp³-hybridized carbons (Fsp3) is 0.346. The van der Waals surface area contributed by atoms with Crippen molar-refractivity contribution in [2.24, 2.45) is 5.92 Å². The number of fused-ring (bicyclic) bond motifs is 1. The third kappa shape index (κ3) is 5.55. The van der Waals surface area contributed by atoms with Gasteiger partial charge in [-0.2, -0.15) is 9.50 Å². The zero-order valence-corrected chi connectivity index (χ0v) is 21.8. The molecule has 1 unspecified atom stereocenters. The molecule has 1 aliphatic heterocycles. The topological polar surface area (TPSA) is 83.2 Å². The monoisotopic (exact) mass is 553 g/mol. The summed E-state index contributed by atoms with van der Waals surface area (Å²) < 4.78 is 24.6. The highest BCUT2D eigenvalue weighted by Crippen LogP contribution is 2.28. The Hall–Kier alpha value is -3.37. The maximum absolute atomic E-state index is 6.04. The van der Waals surface area contributed by atoms with E-state index in [-0.39, 0.29) is 0 Å². The molecule has 5 rings (SSSR count). The lowest BCUT2D eigenvalue weighted by Crippen LogP contribution is -2.25. The van der Waals surface area contributed by atoms with Crippen molar-refractivity contribution in [1.29, 1.82) is 0 Å². The van der Waals surface area contributed by atoms with E-state index < -0.39 is 0 Å². The Morgan fingerprint density at radius 2 is 1.64 bits per heavy atom. The van der Waals surface area contributed by atoms with Gasteiger partial charge >= 0.3 is 6.01 Å². The maximum atomic E-state index is 6.04. The number of hydrogen-bond acceptors (Lipinski definition) is 8. The second-order valence-corrected chi connectivity index (χ2v) is 9.44. The van der Waals surface area contributed by atoms with Gasteiger partial charge < -0.3 is 23.8 Å². The summed E-state index contributed by atoms with van der Waals surface area (Å²) >= 11 is 3.56. The minimum Gasteiger partial charge on any atom is -0.497 e. The minimum absolute atomic E-state index is 0.303. The lowest BCUT2D eigenvalue weighted by molar-refractivity contribution is 0.163. The van der Waals surface area contributed by atoms with Crippen LogP contribution in [-0.4, -0.2) is 53.6 Å². The minimum atomic E-state index is 0.303. The number of benzene rings is 2. The summed E-state index contributed by atoms with van der Waals surface area (Å²) in [6.45, 7) is 3.18. The summed E-state index contributed by atoms with van der Waals surface area (Å²) in [7, 11) is 3.33. The van der Waals surface area contributed by atoms with Crippen LogP contribution in [-0.2, 0) is 17.8 Å². The van der Waals surface area contributed by atoms with Crippen LogP contribution in [0.1, 0.15) is 17.5 Å². The molecule has 1 aliphatic rings. The molecule has 1 fully saturated rings. The van der Waals surface area contributed by atoms with Crippen LogP contribution in [0.25, 0.3) is 5.65 Å². The lowest BCUT2D eigenvalue weighted by Gasteiger charge is -2.25. The van der Waals surface area contributed by atoms with Crippen molar-refractivity contribution in [3.63, 3.8) is 0 Å². The van der Waals surface area contributed by atoms with Gasteiger partial charge in [0, 0.05) is 25.6 Å². The molecule has 9 nitrogen and oxygen atoms in total. The number of methoxy groups -OCH3 is 2. The molecule has 188 valence electrons. The Labute approximate surface area is 218 Å². The predicted octanol–water partition coefficient (Wildman–Crippen LogP) is 4.53. The number of nitrogens with zero attached hydrogens (tertiary/aromatic N) is 5. The van der Waals surface area contributed by atoms with Crippen LogP contribution in [0, 0.1) is 5.92 Å². The van der Waals surface area contributed by atoms with E-state index in [2.05, 4.69) is 55.2 Å². The van der Waals surface area contributed by atoms with Crippen LogP contribution in [0.15, 0.2) is 59.3 Å². The van der Waals surface area contributed by atoms with Gasteiger partial charge in [0.05, 0.1) is 33.6 Å². The molecule has 4 aromatic rings. The summed E-state index contributed by atoms with van der Waals surface area (Å²) in [5, 5.41) is 4.57. The van der Waals surface area contributed by atoms with E-state index in [1.807, 2.05) is 24.3 Å². The van der Waals surface area contributed by atoms with Gasteiger partial charge in [-0.05, 0) is 57.7 Å². The van der Waals surface area contributed by atoms with Crippen molar-refractivity contribution in [1.82, 2.24) is 19.6 Å². The molecule has 1 atom stereocenters. The van der Waals surface area contributed by atoms with Gasteiger partial charge in [0.1, 0.15) is 16.1 Å². The number of hydrogen-bond donors (Lipinski definition) is 0. The highest BCUT2D eigenvalue weighted by Gasteiger charge is 2.22. The molecule has 0 spiro atoms. The molecule has 0 bridgehead atoms. The molecule has 3 heterocycles. The first-order valence-corrected chi connectivity index (χ1v) is 12.5. The van der Waals surface area contributed by atoms with Gasteiger partial charge in [-0.15, -0.1) is 5.10 Å². The Kier molecular flexibility index (Phi) is 7.52. The largest absolute Gasteiger partial charge is 0.497 e. The molecule has 2 aromatic heterocycles. The van der Waals surface area contributed by atoms with E-state index in [9.17, 15) is 0 Å². The molecular weight excluding hydrogens is 526 g/mol. The first-order chi connectivity index (χ1) is 17.6. The molecule has 0 radical (unpaired) electrons. The van der Waals surface area contributed by atoms with Gasteiger partial charge in [0.25, 0.3) is 0 Å². The van der Waals surface area contributed by atoms with Gasteiger partial charge in [-0.25, -0.2) is 4.98 Å². The second-order valence-electron chi connectivity index (χ2n) is 8.63. The second kappa shape index (κ2) is 11.1. The summed E-state index contributed by atoms with van der Waals surface area (Å²) in [6.07, 6.45) is 2.70. The van der Waals surface area contributed by atoms with E-state index in [0.29, 0.717) is 49.7 Å². The summed E-state index contributed by atoms with van der Waals surface area (Å²) in [5.74, 6) is 2.65. The highest BCUT2D eigenvalue weighted by atomic mass is 79.9. The van der Waals surface area contributed by atoms with Crippen LogP contribution >= 0.6 is 15.9 Å². The van der Waals surface area contributed by atoms with Crippen molar-refractivity contribution >= 4 is 27.4 Å². The van der Waals surface area contributed by atoms with Gasteiger partial charge in [0.15, 0.2) is 11.5 Å². The Balaban J connectivity index is 1.50. The van der Waals surface area contributed by atoms with Gasteiger partial charge in [0.2, 0.25) is 0 Å². The highest BCUT2D eigenvalue weighted by molar-refractivity contribution is 9.10. The lowest BCUT2D eigenvalue weighted by atomic mass is 10.1. The smallest absolute Gasteiger partial charge is 0.336 e. The predicted molar refractivity (Wildman–Crippen MR) is 139 cm³/mol. The Morgan fingerprint density at radius 3 is 2.19 bits per heavy atom. The van der Waals surface area contributed by atoms with Crippen molar-refractivity contribution in [2.45, 2.75) is 19.5 Å². The number of rotatable bonds is 10. The van der Waals surface area contributed by atoms with E-state index in [1.165, 1.54) is 0 Å². The molecule has 0 aliphatic carbocycles. The zero-order valence-electron chi connectivity index (χ0n) is 20.3. The van der Waals surface area contributed by atoms with Crippen LogP contribution in [0.2, 0.25) is 0 Å². The van der Waals surface area contributed by atoms with Crippen molar-refractivity contribution in [2.75, 3.05) is 38.9 Å². The zero-order chi connectivity index (χ0) is 24.9. The fourth-order valence-electron chi connectivity index (χ4n) is 4.11. The number of ether oxygens (including phenoxy) is 4. The Bertz CT molecular complexity index is 1240. The maximum Gasteiger partial charge on any atom is 0.336 e. The third-order valence-corrected chi connectivity index (χ3v) is 6.66. The number of aromatic nitrogens is 4. The molecule has 0 amide bonds. The number of anilines is 1. The average molecular weight is 554 g/mol. The van der Waals surface area contributed by atoms with E-state index in [0.717, 1.165) is 40.3 Å². The van der Waals surface area contributed by atoms with Crippen molar-refractivity contribution in [3.05, 3.63) is 70.5 Å². The third-order valence-electron chi connectivity index (χ3n) is 6.12. The molecule has 2 aromatic carbocycles. The van der Waals surface area contributed by atoms with E-state index in [1.54, 1.807) is 24.9 Å². The van der Waals surface area contributed by atoms with Crippen molar-refractivity contribution < 1.29 is 18.9 Å². The van der Waals surface area contributed by atoms with E-state index in [4.69, 9.17) is 23.9 Å². The van der Waals surface area contributed by atoms with E-state index >= 15 is 0 Å². The molecule has 36 heavy (non-hydrogen) atoms. The molecule has 1 saturated heterocycles. The first kappa shape index (κ1) is 24.3. The number of halogens is 1. The fourth-order valence-corrected chi connectivity index (χ4v) is 4.46. The average Bonchev–Trinajstić information content (AvgIpc) is 3.57. The van der Waals surface area contributed by atoms with Gasteiger partial charge in [-0.3, -0.25) is 0 Å². The summed E-state index contributed by atoms with van der Waals surface area (Å²) in [6, 6.07) is 16.4. The summed E-state index contributed by atoms with van der Waals surface area (Å²) in [4.78, 5) is 11.6.